The molecule has 1 unspecified atom stereocenters. The number of nitrogens with one attached hydrogen (secondary N) is 1. The molecule has 0 heterocycles. The van der Waals surface area contributed by atoms with E-state index in [-0.39, 0.29) is 35.5 Å². The summed E-state index contributed by atoms with van der Waals surface area (Å²) in [5, 5.41) is 3.52. The number of carbonyl (C=O) groups excluding carboxylic acids is 2. The molecule has 8 nitrogen and oxygen atoms in total. The van der Waals surface area contributed by atoms with Gasteiger partial charge in [0.15, 0.2) is 0 Å². The quantitative estimate of drug-likeness (QED) is 0.157. The third kappa shape index (κ3) is 8.60. The van der Waals surface area contributed by atoms with E-state index >= 15 is 0 Å². The minimum Gasteiger partial charge on any atom is -0.457 e. The highest BCUT2D eigenvalue weighted by molar-refractivity contribution is 7.92. The molecule has 4 rings (SSSR count). The molecule has 4 aromatic carbocycles. The van der Waals surface area contributed by atoms with E-state index < -0.39 is 28.5 Å². The van der Waals surface area contributed by atoms with Gasteiger partial charge in [-0.15, -0.1) is 0 Å². The molecule has 2 amide bonds. The predicted molar refractivity (Wildman–Crippen MR) is 183 cm³/mol. The van der Waals surface area contributed by atoms with E-state index in [1.807, 2.05) is 39.0 Å². The summed E-state index contributed by atoms with van der Waals surface area (Å²) in [7, 11) is -4.24. The van der Waals surface area contributed by atoms with Gasteiger partial charge in [0.2, 0.25) is 11.8 Å². The first-order valence-corrected chi connectivity index (χ1v) is 17.1. The van der Waals surface area contributed by atoms with Crippen molar-refractivity contribution in [3.05, 3.63) is 118 Å². The molecule has 0 spiro atoms. The normalized spacial score (nSPS) is 12.0. The van der Waals surface area contributed by atoms with Crippen molar-refractivity contribution >= 4 is 50.7 Å². The zero-order valence-electron chi connectivity index (χ0n) is 26.1. The lowest BCUT2D eigenvalue weighted by molar-refractivity contribution is -0.140. The van der Waals surface area contributed by atoms with Crippen molar-refractivity contribution in [1.82, 2.24) is 10.2 Å². The van der Waals surface area contributed by atoms with Gasteiger partial charge in [0, 0.05) is 28.2 Å². The van der Waals surface area contributed by atoms with Gasteiger partial charge in [0.1, 0.15) is 24.1 Å². The number of rotatable bonds is 13. The summed E-state index contributed by atoms with van der Waals surface area (Å²) in [4.78, 5) is 29.0. The van der Waals surface area contributed by atoms with E-state index in [2.05, 4.69) is 5.32 Å². The first kappa shape index (κ1) is 34.8. The van der Waals surface area contributed by atoms with Crippen LogP contribution in [0.4, 0.5) is 5.69 Å². The number of hydrogen-bond acceptors (Lipinski definition) is 5. The topological polar surface area (TPSA) is 96.0 Å². The Labute approximate surface area is 280 Å². The van der Waals surface area contributed by atoms with Gasteiger partial charge in [-0.1, -0.05) is 72.1 Å². The third-order valence-corrected chi connectivity index (χ3v) is 9.69. The summed E-state index contributed by atoms with van der Waals surface area (Å²) < 4.78 is 35.3. The molecule has 0 saturated heterocycles. The van der Waals surface area contributed by atoms with Crippen molar-refractivity contribution in [1.29, 1.82) is 0 Å². The molecule has 0 aliphatic carbocycles. The smallest absolute Gasteiger partial charge is 0.264 e. The van der Waals surface area contributed by atoms with Crippen LogP contribution in [0, 0.1) is 6.92 Å². The zero-order valence-corrected chi connectivity index (χ0v) is 28.4. The molecule has 0 aromatic heterocycles. The van der Waals surface area contributed by atoms with E-state index in [1.165, 1.54) is 17.0 Å². The number of para-hydroxylation sites is 1. The Kier molecular flexibility index (Phi) is 11.7. The first-order chi connectivity index (χ1) is 21.9. The van der Waals surface area contributed by atoms with Gasteiger partial charge in [0.25, 0.3) is 10.0 Å². The van der Waals surface area contributed by atoms with E-state index in [1.54, 1.807) is 73.7 Å². The van der Waals surface area contributed by atoms with E-state index in [0.717, 1.165) is 9.87 Å². The van der Waals surface area contributed by atoms with E-state index in [0.29, 0.717) is 27.1 Å². The number of aryl methyl sites for hydroxylation is 1. The second kappa shape index (κ2) is 15.5. The fourth-order valence-corrected chi connectivity index (χ4v) is 6.76. The highest BCUT2D eigenvalue weighted by Gasteiger charge is 2.34. The molecule has 0 fully saturated rings. The van der Waals surface area contributed by atoms with Crippen molar-refractivity contribution in [3.8, 4) is 11.5 Å². The number of anilines is 1. The standard InChI is InChI=1S/C35H37Cl2N3O5S/c1-5-33(35(42)38-24(2)3)39(22-30-31(36)12-9-13-32(30)37)34(41)23-40(46(43,44)29-20-14-25(4)15-21-29)26-16-18-28(19-17-26)45-27-10-7-6-8-11-27/h6-21,24,33H,5,22-23H2,1-4H3,(H,38,42). The molecule has 1 N–H and O–H groups in total. The Morgan fingerprint density at radius 3 is 1.98 bits per heavy atom. The predicted octanol–water partition coefficient (Wildman–Crippen LogP) is 7.62. The van der Waals surface area contributed by atoms with Crippen LogP contribution in [-0.2, 0) is 26.2 Å². The summed E-state index contributed by atoms with van der Waals surface area (Å²) >= 11 is 13.0. The van der Waals surface area contributed by atoms with Crippen molar-refractivity contribution in [3.63, 3.8) is 0 Å². The maximum Gasteiger partial charge on any atom is 0.264 e. The van der Waals surface area contributed by atoms with Gasteiger partial charge >= 0.3 is 0 Å². The Hall–Kier alpha value is -4.05. The largest absolute Gasteiger partial charge is 0.457 e. The van der Waals surface area contributed by atoms with Crippen molar-refractivity contribution in [2.45, 2.75) is 57.6 Å². The highest BCUT2D eigenvalue weighted by atomic mass is 35.5. The molecule has 1 atom stereocenters. The summed E-state index contributed by atoms with van der Waals surface area (Å²) in [6.07, 6.45) is 0.266. The van der Waals surface area contributed by atoms with Crippen LogP contribution in [-0.4, -0.2) is 43.8 Å². The second-order valence-electron chi connectivity index (χ2n) is 11.0. The SMILES string of the molecule is CCC(C(=O)NC(C)C)N(Cc1c(Cl)cccc1Cl)C(=O)CN(c1ccc(Oc2ccccc2)cc1)S(=O)(=O)c1ccc(C)cc1. The summed E-state index contributed by atoms with van der Waals surface area (Å²) in [6.45, 7) is 6.58. The van der Waals surface area contributed by atoms with Gasteiger partial charge in [-0.05, 0) is 87.9 Å². The molecule has 46 heavy (non-hydrogen) atoms. The van der Waals surface area contributed by atoms with Crippen LogP contribution < -0.4 is 14.4 Å². The average Bonchev–Trinajstić information content (AvgIpc) is 3.02. The van der Waals surface area contributed by atoms with Crippen LogP contribution in [0.25, 0.3) is 0 Å². The average molecular weight is 683 g/mol. The van der Waals surface area contributed by atoms with Crippen LogP contribution >= 0.6 is 23.2 Å². The number of benzene rings is 4. The fourth-order valence-electron chi connectivity index (χ4n) is 4.83. The van der Waals surface area contributed by atoms with Crippen molar-refractivity contribution < 1.29 is 22.7 Å². The van der Waals surface area contributed by atoms with Gasteiger partial charge < -0.3 is 15.0 Å². The zero-order chi connectivity index (χ0) is 33.4. The summed E-state index contributed by atoms with van der Waals surface area (Å²) in [5.74, 6) is 0.125. The number of sulfonamides is 1. The number of nitrogens with zero attached hydrogens (tertiary/aromatic N) is 2. The van der Waals surface area contributed by atoms with Crippen LogP contribution in [0.3, 0.4) is 0 Å². The van der Waals surface area contributed by atoms with E-state index in [9.17, 15) is 18.0 Å². The van der Waals surface area contributed by atoms with Crippen LogP contribution in [0.5, 0.6) is 11.5 Å². The van der Waals surface area contributed by atoms with Crippen LogP contribution in [0.1, 0.15) is 38.3 Å². The van der Waals surface area contributed by atoms with Crippen LogP contribution in [0.2, 0.25) is 10.0 Å². The molecule has 0 aliphatic heterocycles. The monoisotopic (exact) mass is 681 g/mol. The molecule has 4 aromatic rings. The Morgan fingerprint density at radius 1 is 0.826 bits per heavy atom. The van der Waals surface area contributed by atoms with Crippen molar-refractivity contribution in [2.24, 2.45) is 0 Å². The minimum absolute atomic E-state index is 0.0146. The lowest BCUT2D eigenvalue weighted by Gasteiger charge is -2.34. The summed E-state index contributed by atoms with van der Waals surface area (Å²) in [6, 6.07) is 25.9. The lowest BCUT2D eigenvalue weighted by atomic mass is 10.1. The maximum absolute atomic E-state index is 14.3. The van der Waals surface area contributed by atoms with Gasteiger partial charge in [-0.3, -0.25) is 13.9 Å². The summed E-state index contributed by atoms with van der Waals surface area (Å²) in [5.41, 5.74) is 1.57. The number of halogens is 2. The molecule has 0 bridgehead atoms. The van der Waals surface area contributed by atoms with Crippen molar-refractivity contribution in [2.75, 3.05) is 10.8 Å². The number of carbonyl (C=O) groups is 2. The molecule has 11 heteroatoms. The molecular formula is C35H37Cl2N3O5S. The van der Waals surface area contributed by atoms with Gasteiger partial charge in [-0.25, -0.2) is 8.42 Å². The van der Waals surface area contributed by atoms with E-state index in [4.69, 9.17) is 27.9 Å². The minimum atomic E-state index is -4.24. The third-order valence-electron chi connectivity index (χ3n) is 7.20. The number of hydrogen-bond donors (Lipinski definition) is 1. The fraction of sp³-hybridized carbons (Fsp3) is 0.257. The lowest BCUT2D eigenvalue weighted by Crippen LogP contribution is -2.53. The Bertz CT molecular complexity index is 1730. The van der Waals surface area contributed by atoms with Gasteiger partial charge in [0.05, 0.1) is 10.6 Å². The molecule has 0 saturated carbocycles. The molecular weight excluding hydrogens is 645 g/mol. The first-order valence-electron chi connectivity index (χ1n) is 14.9. The number of ether oxygens (including phenoxy) is 1. The number of amides is 2. The molecule has 0 radical (unpaired) electrons. The maximum atomic E-state index is 14.3. The van der Waals surface area contributed by atoms with Crippen LogP contribution in [0.15, 0.2) is 102 Å². The molecule has 242 valence electrons. The second-order valence-corrected chi connectivity index (χ2v) is 13.7. The molecule has 0 aliphatic rings. The van der Waals surface area contributed by atoms with Gasteiger partial charge in [-0.2, -0.15) is 0 Å². The Morgan fingerprint density at radius 2 is 1.41 bits per heavy atom. The Balaban J connectivity index is 1.76. The highest BCUT2D eigenvalue weighted by Crippen LogP contribution is 2.30.